The second-order valence-corrected chi connectivity index (χ2v) is 7.15. The van der Waals surface area contributed by atoms with Gasteiger partial charge in [-0.15, -0.1) is 0 Å². The Morgan fingerprint density at radius 2 is 2.36 bits per heavy atom. The average molecular weight is 357 g/mol. The molecule has 0 saturated heterocycles. The third-order valence-electron chi connectivity index (χ3n) is 4.22. The van der Waals surface area contributed by atoms with Crippen molar-refractivity contribution in [3.63, 3.8) is 0 Å². The van der Waals surface area contributed by atoms with Gasteiger partial charge in [-0.1, -0.05) is 5.16 Å². The van der Waals surface area contributed by atoms with Crippen LogP contribution in [0.1, 0.15) is 30.7 Å². The van der Waals surface area contributed by atoms with E-state index in [0.29, 0.717) is 30.5 Å². The molecular weight excluding hydrogens is 338 g/mol. The van der Waals surface area contributed by atoms with Gasteiger partial charge in [-0.3, -0.25) is 4.79 Å². The summed E-state index contributed by atoms with van der Waals surface area (Å²) in [6.45, 7) is 2.83. The number of hydrogen-bond acceptors (Lipinski definition) is 6. The fraction of sp³-hybridized carbons (Fsp3) is 0.412. The smallest absolute Gasteiger partial charge is 0.227 e. The van der Waals surface area contributed by atoms with Crippen molar-refractivity contribution in [2.75, 3.05) is 5.32 Å². The molecule has 0 unspecified atom stereocenters. The molecule has 3 heterocycles. The number of nitrogens with zero attached hydrogens (tertiary/aromatic N) is 4. The van der Waals surface area contributed by atoms with E-state index in [9.17, 15) is 4.79 Å². The van der Waals surface area contributed by atoms with Crippen LogP contribution in [0.5, 0.6) is 0 Å². The maximum atomic E-state index is 12.3. The van der Waals surface area contributed by atoms with Crippen LogP contribution in [0, 0.1) is 12.8 Å². The van der Waals surface area contributed by atoms with Gasteiger partial charge >= 0.3 is 0 Å². The third-order valence-corrected chi connectivity index (χ3v) is 4.90. The predicted octanol–water partition coefficient (Wildman–Crippen LogP) is 3.28. The lowest BCUT2D eigenvalue weighted by Gasteiger charge is -2.09. The SMILES string of the molecule is Cc1cnn(CC2CC2)c1NC(=O)CCc1nc(-c2ccsc2)no1. The van der Waals surface area contributed by atoms with E-state index in [2.05, 4.69) is 20.6 Å². The Balaban J connectivity index is 1.34. The van der Waals surface area contributed by atoms with Gasteiger partial charge in [-0.05, 0) is 37.1 Å². The van der Waals surface area contributed by atoms with Gasteiger partial charge < -0.3 is 9.84 Å². The van der Waals surface area contributed by atoms with Crippen LogP contribution in [-0.4, -0.2) is 25.8 Å². The largest absolute Gasteiger partial charge is 0.339 e. The quantitative estimate of drug-likeness (QED) is 0.701. The van der Waals surface area contributed by atoms with Crippen molar-refractivity contribution >= 4 is 23.1 Å². The van der Waals surface area contributed by atoms with E-state index < -0.39 is 0 Å². The molecule has 1 aliphatic rings. The van der Waals surface area contributed by atoms with Crippen molar-refractivity contribution in [1.82, 2.24) is 19.9 Å². The lowest BCUT2D eigenvalue weighted by Crippen LogP contribution is -2.17. The minimum absolute atomic E-state index is 0.0732. The number of thiophene rings is 1. The van der Waals surface area contributed by atoms with E-state index in [4.69, 9.17) is 4.52 Å². The monoisotopic (exact) mass is 357 g/mol. The number of carbonyl (C=O) groups is 1. The molecule has 7 nitrogen and oxygen atoms in total. The Morgan fingerprint density at radius 3 is 3.12 bits per heavy atom. The maximum Gasteiger partial charge on any atom is 0.227 e. The van der Waals surface area contributed by atoms with E-state index in [1.165, 1.54) is 12.8 Å². The first-order valence-electron chi connectivity index (χ1n) is 8.36. The number of aromatic nitrogens is 4. The summed E-state index contributed by atoms with van der Waals surface area (Å²) >= 11 is 1.58. The van der Waals surface area contributed by atoms with Gasteiger partial charge in [0, 0.05) is 35.9 Å². The van der Waals surface area contributed by atoms with Gasteiger partial charge in [0.25, 0.3) is 0 Å². The second-order valence-electron chi connectivity index (χ2n) is 6.37. The van der Waals surface area contributed by atoms with Crippen LogP contribution in [0.2, 0.25) is 0 Å². The molecule has 1 aliphatic carbocycles. The Labute approximate surface area is 149 Å². The molecule has 130 valence electrons. The number of nitrogens with one attached hydrogen (secondary N) is 1. The van der Waals surface area contributed by atoms with E-state index in [0.717, 1.165) is 23.5 Å². The molecule has 0 atom stereocenters. The Hall–Kier alpha value is -2.48. The summed E-state index contributed by atoms with van der Waals surface area (Å²) in [5.41, 5.74) is 1.91. The van der Waals surface area contributed by atoms with E-state index in [1.54, 1.807) is 17.5 Å². The highest BCUT2D eigenvalue weighted by molar-refractivity contribution is 7.08. The summed E-state index contributed by atoms with van der Waals surface area (Å²) in [6.07, 6.45) is 4.99. The summed E-state index contributed by atoms with van der Waals surface area (Å²) < 4.78 is 7.12. The zero-order valence-corrected chi connectivity index (χ0v) is 14.8. The fourth-order valence-electron chi connectivity index (χ4n) is 2.61. The van der Waals surface area contributed by atoms with Gasteiger partial charge in [0.15, 0.2) is 0 Å². The maximum absolute atomic E-state index is 12.3. The molecule has 8 heteroatoms. The lowest BCUT2D eigenvalue weighted by atomic mass is 10.2. The van der Waals surface area contributed by atoms with Crippen LogP contribution in [0.25, 0.3) is 11.4 Å². The van der Waals surface area contributed by atoms with Crippen molar-refractivity contribution in [2.24, 2.45) is 5.92 Å². The van der Waals surface area contributed by atoms with Crippen LogP contribution in [0.15, 0.2) is 27.5 Å². The van der Waals surface area contributed by atoms with Crippen molar-refractivity contribution in [1.29, 1.82) is 0 Å². The molecular formula is C17H19N5O2S. The molecule has 0 aliphatic heterocycles. The van der Waals surface area contributed by atoms with Crippen LogP contribution in [0.4, 0.5) is 5.82 Å². The molecule has 0 aromatic carbocycles. The molecule has 0 radical (unpaired) electrons. The van der Waals surface area contributed by atoms with Crippen molar-refractivity contribution in [3.05, 3.63) is 34.5 Å². The summed E-state index contributed by atoms with van der Waals surface area (Å²) in [5, 5.41) is 15.2. The predicted molar refractivity (Wildman–Crippen MR) is 94.2 cm³/mol. The molecule has 25 heavy (non-hydrogen) atoms. The second kappa shape index (κ2) is 6.79. The van der Waals surface area contributed by atoms with Gasteiger partial charge in [-0.2, -0.15) is 21.4 Å². The van der Waals surface area contributed by atoms with Gasteiger partial charge in [0.1, 0.15) is 5.82 Å². The minimum atomic E-state index is -0.0732. The molecule has 4 rings (SSSR count). The number of carbonyl (C=O) groups excluding carboxylic acids is 1. The van der Waals surface area contributed by atoms with E-state index >= 15 is 0 Å². The molecule has 3 aromatic heterocycles. The number of anilines is 1. The highest BCUT2D eigenvalue weighted by atomic mass is 32.1. The van der Waals surface area contributed by atoms with Crippen LogP contribution in [0.3, 0.4) is 0 Å². The lowest BCUT2D eigenvalue weighted by molar-refractivity contribution is -0.116. The number of amides is 1. The fourth-order valence-corrected chi connectivity index (χ4v) is 3.24. The summed E-state index contributed by atoms with van der Waals surface area (Å²) in [5.74, 6) is 2.45. The zero-order chi connectivity index (χ0) is 17.2. The van der Waals surface area contributed by atoms with Gasteiger partial charge in [-0.25, -0.2) is 4.68 Å². The zero-order valence-electron chi connectivity index (χ0n) is 13.9. The Bertz CT molecular complexity index is 864. The number of aryl methyl sites for hydroxylation is 2. The molecule has 1 saturated carbocycles. The van der Waals surface area contributed by atoms with Gasteiger partial charge in [0.05, 0.1) is 6.20 Å². The third kappa shape index (κ3) is 3.79. The van der Waals surface area contributed by atoms with Crippen LogP contribution in [-0.2, 0) is 17.8 Å². The highest BCUT2D eigenvalue weighted by Crippen LogP contribution is 2.32. The van der Waals surface area contributed by atoms with Crippen molar-refractivity contribution in [2.45, 2.75) is 39.2 Å². The summed E-state index contributed by atoms with van der Waals surface area (Å²) in [6, 6.07) is 1.94. The molecule has 3 aromatic rings. The number of rotatable bonds is 7. The first-order valence-corrected chi connectivity index (χ1v) is 9.31. The standard InChI is InChI=1S/C17H19N5O2S/c1-11-8-18-22(9-12-2-3-12)17(11)19-14(23)4-5-15-20-16(21-24-15)13-6-7-25-10-13/h6-8,10,12H,2-5,9H2,1H3,(H,19,23). The van der Waals surface area contributed by atoms with Crippen LogP contribution < -0.4 is 5.32 Å². The number of hydrogen-bond donors (Lipinski definition) is 1. The normalized spacial score (nSPS) is 14.0. The molecule has 0 bridgehead atoms. The molecule has 1 fully saturated rings. The average Bonchev–Trinajstić information content (AvgIpc) is 3.01. The summed E-state index contributed by atoms with van der Waals surface area (Å²) in [4.78, 5) is 16.6. The Kier molecular flexibility index (Phi) is 4.35. The van der Waals surface area contributed by atoms with E-state index in [1.807, 2.05) is 28.4 Å². The van der Waals surface area contributed by atoms with E-state index in [-0.39, 0.29) is 5.91 Å². The van der Waals surface area contributed by atoms with Crippen molar-refractivity contribution in [3.8, 4) is 11.4 Å². The Morgan fingerprint density at radius 1 is 1.48 bits per heavy atom. The topological polar surface area (TPSA) is 85.8 Å². The summed E-state index contributed by atoms with van der Waals surface area (Å²) in [7, 11) is 0. The molecule has 1 amide bonds. The molecule has 0 spiro atoms. The highest BCUT2D eigenvalue weighted by Gasteiger charge is 2.24. The first kappa shape index (κ1) is 16.0. The first-order chi connectivity index (χ1) is 12.2. The van der Waals surface area contributed by atoms with Crippen LogP contribution >= 0.6 is 11.3 Å². The minimum Gasteiger partial charge on any atom is -0.339 e. The molecule has 1 N–H and O–H groups in total. The van der Waals surface area contributed by atoms with Crippen molar-refractivity contribution < 1.29 is 9.32 Å². The van der Waals surface area contributed by atoms with Gasteiger partial charge in [0.2, 0.25) is 17.6 Å².